The van der Waals surface area contributed by atoms with E-state index in [4.69, 9.17) is 10.00 Å². The van der Waals surface area contributed by atoms with Gasteiger partial charge >= 0.3 is 5.97 Å². The second kappa shape index (κ2) is 7.79. The Bertz CT molecular complexity index is 505. The Kier molecular flexibility index (Phi) is 6.04. The number of hydrogen-bond donors (Lipinski definition) is 0. The van der Waals surface area contributed by atoms with Crippen molar-refractivity contribution in [2.45, 2.75) is 12.8 Å². The zero-order chi connectivity index (χ0) is 15.0. The monoisotopic (exact) mass is 276 g/mol. The van der Waals surface area contributed by atoms with Crippen LogP contribution in [-0.4, -0.2) is 32.6 Å². The van der Waals surface area contributed by atoms with Crippen LogP contribution < -0.4 is 9.64 Å². The summed E-state index contributed by atoms with van der Waals surface area (Å²) >= 11 is 0. The lowest BCUT2D eigenvalue weighted by Gasteiger charge is -2.19. The van der Waals surface area contributed by atoms with Crippen LogP contribution in [0, 0.1) is 11.3 Å². The summed E-state index contributed by atoms with van der Waals surface area (Å²) in [4.78, 5) is 24.4. The van der Waals surface area contributed by atoms with Gasteiger partial charge in [-0.05, 0) is 24.3 Å². The molecule has 0 atom stereocenters. The Morgan fingerprint density at radius 3 is 2.35 bits per heavy atom. The maximum absolute atomic E-state index is 12.0. The lowest BCUT2D eigenvalue weighted by molar-refractivity contribution is -0.141. The van der Waals surface area contributed by atoms with E-state index in [1.54, 1.807) is 31.4 Å². The van der Waals surface area contributed by atoms with E-state index in [1.807, 2.05) is 6.07 Å². The molecule has 0 N–H and O–H groups in total. The molecule has 1 amide bonds. The van der Waals surface area contributed by atoms with Crippen molar-refractivity contribution in [3.05, 3.63) is 24.3 Å². The summed E-state index contributed by atoms with van der Waals surface area (Å²) in [6, 6.07) is 8.71. The third kappa shape index (κ3) is 4.28. The molecule has 0 fully saturated rings. The van der Waals surface area contributed by atoms with Crippen molar-refractivity contribution in [1.82, 2.24) is 0 Å². The molecule has 0 aromatic heterocycles. The lowest BCUT2D eigenvalue weighted by atomic mass is 10.2. The SMILES string of the molecule is COC(=O)CCC(=O)N(CC#N)c1ccc(OC)cc1. The molecule has 6 nitrogen and oxygen atoms in total. The highest BCUT2D eigenvalue weighted by atomic mass is 16.5. The van der Waals surface area contributed by atoms with Gasteiger partial charge in [0.2, 0.25) is 5.91 Å². The van der Waals surface area contributed by atoms with Gasteiger partial charge < -0.3 is 9.47 Å². The summed E-state index contributed by atoms with van der Waals surface area (Å²) < 4.78 is 9.52. The zero-order valence-corrected chi connectivity index (χ0v) is 11.5. The summed E-state index contributed by atoms with van der Waals surface area (Å²) in [5, 5.41) is 8.81. The van der Waals surface area contributed by atoms with Gasteiger partial charge in [0.15, 0.2) is 0 Å². The molecule has 6 heteroatoms. The van der Waals surface area contributed by atoms with E-state index in [0.717, 1.165) is 0 Å². The van der Waals surface area contributed by atoms with Crippen molar-refractivity contribution >= 4 is 17.6 Å². The van der Waals surface area contributed by atoms with Crippen LogP contribution in [0.5, 0.6) is 5.75 Å². The van der Waals surface area contributed by atoms with Crippen molar-refractivity contribution in [2.75, 3.05) is 25.7 Å². The minimum absolute atomic E-state index is 0.000380. The first-order valence-electron chi connectivity index (χ1n) is 6.00. The first-order valence-corrected chi connectivity index (χ1v) is 6.00. The van der Waals surface area contributed by atoms with Crippen molar-refractivity contribution in [1.29, 1.82) is 5.26 Å². The van der Waals surface area contributed by atoms with Crippen LogP contribution in [-0.2, 0) is 14.3 Å². The van der Waals surface area contributed by atoms with Crippen LogP contribution in [0.3, 0.4) is 0 Å². The fraction of sp³-hybridized carbons (Fsp3) is 0.357. The van der Waals surface area contributed by atoms with Gasteiger partial charge in [-0.2, -0.15) is 5.26 Å². The maximum atomic E-state index is 12.0. The van der Waals surface area contributed by atoms with Gasteiger partial charge in [-0.25, -0.2) is 0 Å². The molecule has 1 aromatic rings. The normalized spacial score (nSPS) is 9.45. The fourth-order valence-corrected chi connectivity index (χ4v) is 1.60. The largest absolute Gasteiger partial charge is 0.497 e. The van der Waals surface area contributed by atoms with Crippen LogP contribution in [0.2, 0.25) is 0 Å². The molecule has 0 saturated heterocycles. The molecule has 106 valence electrons. The average molecular weight is 276 g/mol. The third-order valence-corrected chi connectivity index (χ3v) is 2.68. The van der Waals surface area contributed by atoms with Gasteiger partial charge in [0.1, 0.15) is 12.3 Å². The second-order valence-corrected chi connectivity index (χ2v) is 3.91. The summed E-state index contributed by atoms with van der Waals surface area (Å²) in [7, 11) is 2.81. The minimum atomic E-state index is -0.454. The number of benzene rings is 1. The molecular weight excluding hydrogens is 260 g/mol. The number of methoxy groups -OCH3 is 2. The first kappa shape index (κ1) is 15.5. The third-order valence-electron chi connectivity index (χ3n) is 2.68. The summed E-state index contributed by atoms with van der Waals surface area (Å²) in [5.74, 6) is -0.0974. The predicted molar refractivity (Wildman–Crippen MR) is 72.2 cm³/mol. The highest BCUT2D eigenvalue weighted by molar-refractivity contribution is 5.95. The number of esters is 1. The Balaban J connectivity index is 2.79. The van der Waals surface area contributed by atoms with E-state index < -0.39 is 5.97 Å². The van der Waals surface area contributed by atoms with Gasteiger partial charge in [0, 0.05) is 12.1 Å². The number of nitrogens with zero attached hydrogens (tertiary/aromatic N) is 2. The van der Waals surface area contributed by atoms with Gasteiger partial charge in [-0.15, -0.1) is 0 Å². The van der Waals surface area contributed by atoms with E-state index in [-0.39, 0.29) is 25.3 Å². The first-order chi connectivity index (χ1) is 9.62. The minimum Gasteiger partial charge on any atom is -0.497 e. The topological polar surface area (TPSA) is 79.6 Å². The maximum Gasteiger partial charge on any atom is 0.306 e. The van der Waals surface area contributed by atoms with Crippen molar-refractivity contribution in [3.8, 4) is 11.8 Å². The van der Waals surface area contributed by atoms with Crippen LogP contribution in [0.4, 0.5) is 5.69 Å². The molecule has 0 aliphatic rings. The average Bonchev–Trinajstić information content (AvgIpc) is 2.50. The number of carbonyl (C=O) groups excluding carboxylic acids is 2. The van der Waals surface area contributed by atoms with Crippen LogP contribution in [0.25, 0.3) is 0 Å². The van der Waals surface area contributed by atoms with Gasteiger partial charge in [0.05, 0.1) is 26.7 Å². The molecule has 0 unspecified atom stereocenters. The Labute approximate surface area is 117 Å². The predicted octanol–water partition coefficient (Wildman–Crippen LogP) is 1.50. The molecule has 1 aromatic carbocycles. The number of carbonyl (C=O) groups is 2. The van der Waals surface area contributed by atoms with E-state index in [1.165, 1.54) is 12.0 Å². The van der Waals surface area contributed by atoms with E-state index in [9.17, 15) is 9.59 Å². The van der Waals surface area contributed by atoms with Crippen LogP contribution >= 0.6 is 0 Å². The van der Waals surface area contributed by atoms with Crippen molar-refractivity contribution in [2.24, 2.45) is 0 Å². The van der Waals surface area contributed by atoms with Crippen molar-refractivity contribution in [3.63, 3.8) is 0 Å². The highest BCUT2D eigenvalue weighted by Gasteiger charge is 2.17. The van der Waals surface area contributed by atoms with Crippen molar-refractivity contribution < 1.29 is 19.1 Å². The zero-order valence-electron chi connectivity index (χ0n) is 11.5. The van der Waals surface area contributed by atoms with Crippen LogP contribution in [0.15, 0.2) is 24.3 Å². The molecule has 0 aliphatic heterocycles. The molecule has 1 rings (SSSR count). The number of hydrogen-bond acceptors (Lipinski definition) is 5. The quantitative estimate of drug-likeness (QED) is 0.581. The molecule has 0 spiro atoms. The standard InChI is InChI=1S/C14H16N2O4/c1-19-12-5-3-11(4-6-12)16(10-9-15)13(17)7-8-14(18)20-2/h3-6H,7-8,10H2,1-2H3. The number of ether oxygens (including phenoxy) is 2. The molecule has 0 bridgehead atoms. The Hall–Kier alpha value is -2.55. The molecule has 0 aliphatic carbocycles. The molecule has 0 radical (unpaired) electrons. The Morgan fingerprint density at radius 1 is 1.20 bits per heavy atom. The summed E-state index contributed by atoms with van der Waals surface area (Å²) in [5.41, 5.74) is 0.585. The molecular formula is C14H16N2O4. The number of rotatable bonds is 6. The summed E-state index contributed by atoms with van der Waals surface area (Å²) in [6.07, 6.45) is -0.00615. The fourth-order valence-electron chi connectivity index (χ4n) is 1.60. The smallest absolute Gasteiger partial charge is 0.306 e. The van der Waals surface area contributed by atoms with Gasteiger partial charge in [0.25, 0.3) is 0 Å². The lowest BCUT2D eigenvalue weighted by Crippen LogP contribution is -2.31. The van der Waals surface area contributed by atoms with E-state index in [0.29, 0.717) is 11.4 Å². The second-order valence-electron chi connectivity index (χ2n) is 3.91. The van der Waals surface area contributed by atoms with E-state index in [2.05, 4.69) is 4.74 Å². The number of anilines is 1. The number of nitriles is 1. The molecule has 0 saturated carbocycles. The van der Waals surface area contributed by atoms with Gasteiger partial charge in [-0.3, -0.25) is 14.5 Å². The van der Waals surface area contributed by atoms with E-state index >= 15 is 0 Å². The number of amides is 1. The van der Waals surface area contributed by atoms with Crippen LogP contribution in [0.1, 0.15) is 12.8 Å². The summed E-state index contributed by atoms with van der Waals surface area (Å²) in [6.45, 7) is -0.0770. The molecule has 20 heavy (non-hydrogen) atoms. The van der Waals surface area contributed by atoms with Gasteiger partial charge in [-0.1, -0.05) is 0 Å². The highest BCUT2D eigenvalue weighted by Crippen LogP contribution is 2.20. The Morgan fingerprint density at radius 2 is 1.85 bits per heavy atom. The molecule has 0 heterocycles.